The van der Waals surface area contributed by atoms with E-state index in [-0.39, 0.29) is 11.9 Å². The van der Waals surface area contributed by atoms with E-state index in [9.17, 15) is 4.79 Å². The van der Waals surface area contributed by atoms with Crippen LogP contribution >= 0.6 is 0 Å². The quantitative estimate of drug-likeness (QED) is 0.712. The number of ether oxygens (including phenoxy) is 1. The van der Waals surface area contributed by atoms with Crippen molar-refractivity contribution in [2.24, 2.45) is 0 Å². The Labute approximate surface area is 101 Å². The minimum atomic E-state index is -0.163. The molecule has 1 aromatic rings. The van der Waals surface area contributed by atoms with Crippen molar-refractivity contribution in [1.82, 2.24) is 15.3 Å². The molecule has 1 rings (SSSR count). The number of hydrogen-bond acceptors (Lipinski definition) is 5. The summed E-state index contributed by atoms with van der Waals surface area (Å²) in [7, 11) is 1.63. The molecule has 0 aliphatic carbocycles. The van der Waals surface area contributed by atoms with Crippen LogP contribution in [0, 0.1) is 0 Å². The Bertz CT molecular complexity index is 351. The second-order valence-corrected chi connectivity index (χ2v) is 3.84. The number of hydrogen-bond donors (Lipinski definition) is 2. The molecule has 0 aliphatic rings. The molecule has 0 radical (unpaired) electrons. The SMILES string of the molecule is COCCNc1ncc(C(=O)NC(C)C)cn1. The second-order valence-electron chi connectivity index (χ2n) is 3.84. The number of carbonyl (C=O) groups is 1. The molecule has 94 valence electrons. The minimum Gasteiger partial charge on any atom is -0.383 e. The van der Waals surface area contributed by atoms with Crippen LogP contribution in [0.15, 0.2) is 12.4 Å². The Kier molecular flexibility index (Phi) is 5.35. The molecule has 0 saturated carbocycles. The molecule has 0 unspecified atom stereocenters. The first-order valence-corrected chi connectivity index (χ1v) is 5.49. The highest BCUT2D eigenvalue weighted by Gasteiger charge is 2.07. The van der Waals surface area contributed by atoms with Gasteiger partial charge in [0.15, 0.2) is 0 Å². The average molecular weight is 238 g/mol. The van der Waals surface area contributed by atoms with E-state index in [0.29, 0.717) is 24.7 Å². The van der Waals surface area contributed by atoms with Crippen LogP contribution in [0.1, 0.15) is 24.2 Å². The van der Waals surface area contributed by atoms with Gasteiger partial charge in [-0.3, -0.25) is 4.79 Å². The molecule has 6 heteroatoms. The summed E-state index contributed by atoms with van der Waals surface area (Å²) < 4.78 is 4.89. The van der Waals surface area contributed by atoms with Crippen molar-refractivity contribution in [2.45, 2.75) is 19.9 Å². The third-order valence-corrected chi connectivity index (χ3v) is 1.92. The molecule has 0 saturated heterocycles. The van der Waals surface area contributed by atoms with Gasteiger partial charge in [0.25, 0.3) is 5.91 Å². The van der Waals surface area contributed by atoms with Gasteiger partial charge >= 0.3 is 0 Å². The summed E-state index contributed by atoms with van der Waals surface area (Å²) in [6.45, 7) is 5.02. The fourth-order valence-corrected chi connectivity index (χ4v) is 1.15. The van der Waals surface area contributed by atoms with E-state index in [1.807, 2.05) is 13.8 Å². The zero-order valence-corrected chi connectivity index (χ0v) is 10.4. The third kappa shape index (κ3) is 4.78. The maximum absolute atomic E-state index is 11.6. The Morgan fingerprint density at radius 1 is 1.41 bits per heavy atom. The van der Waals surface area contributed by atoms with Crippen LogP contribution in [0.2, 0.25) is 0 Å². The van der Waals surface area contributed by atoms with E-state index in [4.69, 9.17) is 4.74 Å². The second kappa shape index (κ2) is 6.80. The van der Waals surface area contributed by atoms with Crippen molar-refractivity contribution in [2.75, 3.05) is 25.6 Å². The minimum absolute atomic E-state index is 0.0991. The maximum atomic E-state index is 11.6. The van der Waals surface area contributed by atoms with Crippen molar-refractivity contribution in [3.05, 3.63) is 18.0 Å². The van der Waals surface area contributed by atoms with E-state index in [2.05, 4.69) is 20.6 Å². The highest BCUT2D eigenvalue weighted by molar-refractivity contribution is 5.93. The molecule has 1 heterocycles. The highest BCUT2D eigenvalue weighted by atomic mass is 16.5. The fraction of sp³-hybridized carbons (Fsp3) is 0.545. The van der Waals surface area contributed by atoms with Gasteiger partial charge in [-0.2, -0.15) is 0 Å². The lowest BCUT2D eigenvalue weighted by molar-refractivity contribution is 0.0942. The number of rotatable bonds is 6. The van der Waals surface area contributed by atoms with Crippen molar-refractivity contribution in [1.29, 1.82) is 0 Å². The fourth-order valence-electron chi connectivity index (χ4n) is 1.15. The number of amides is 1. The summed E-state index contributed by atoms with van der Waals surface area (Å²) in [6, 6.07) is 0.0991. The summed E-state index contributed by atoms with van der Waals surface area (Å²) in [5, 5.41) is 5.75. The van der Waals surface area contributed by atoms with Gasteiger partial charge in [-0.05, 0) is 13.8 Å². The number of methoxy groups -OCH3 is 1. The number of carbonyl (C=O) groups excluding carboxylic acids is 1. The molecule has 17 heavy (non-hydrogen) atoms. The van der Waals surface area contributed by atoms with E-state index in [1.54, 1.807) is 7.11 Å². The van der Waals surface area contributed by atoms with E-state index >= 15 is 0 Å². The van der Waals surface area contributed by atoms with Gasteiger partial charge in [-0.25, -0.2) is 9.97 Å². The van der Waals surface area contributed by atoms with Gasteiger partial charge in [0.05, 0.1) is 12.2 Å². The normalized spacial score (nSPS) is 10.4. The zero-order valence-electron chi connectivity index (χ0n) is 10.4. The van der Waals surface area contributed by atoms with Crippen LogP contribution in [0.25, 0.3) is 0 Å². The predicted octanol–water partition coefficient (Wildman–Crippen LogP) is 0.673. The van der Waals surface area contributed by atoms with Crippen LogP contribution in [-0.4, -0.2) is 42.2 Å². The molecule has 1 aromatic heterocycles. The standard InChI is InChI=1S/C11H18N4O2/c1-8(2)15-10(16)9-6-13-11(14-7-9)12-4-5-17-3/h6-8H,4-5H2,1-3H3,(H,15,16)(H,12,13,14). The van der Waals surface area contributed by atoms with E-state index in [1.165, 1.54) is 12.4 Å². The lowest BCUT2D eigenvalue weighted by Gasteiger charge is -2.08. The summed E-state index contributed by atoms with van der Waals surface area (Å²) >= 11 is 0. The topological polar surface area (TPSA) is 76.1 Å². The molecule has 1 amide bonds. The lowest BCUT2D eigenvalue weighted by Crippen LogP contribution is -2.30. The first kappa shape index (κ1) is 13.4. The van der Waals surface area contributed by atoms with E-state index < -0.39 is 0 Å². The molecular weight excluding hydrogens is 220 g/mol. The number of nitrogens with zero attached hydrogens (tertiary/aromatic N) is 2. The van der Waals surface area contributed by atoms with Crippen molar-refractivity contribution in [3.8, 4) is 0 Å². The summed E-state index contributed by atoms with van der Waals surface area (Å²) in [4.78, 5) is 19.7. The molecule has 0 bridgehead atoms. The largest absolute Gasteiger partial charge is 0.383 e. The Morgan fingerprint density at radius 3 is 2.59 bits per heavy atom. The summed E-state index contributed by atoms with van der Waals surface area (Å²) in [5.41, 5.74) is 0.455. The van der Waals surface area contributed by atoms with Crippen molar-refractivity contribution < 1.29 is 9.53 Å². The maximum Gasteiger partial charge on any atom is 0.254 e. The third-order valence-electron chi connectivity index (χ3n) is 1.92. The smallest absolute Gasteiger partial charge is 0.254 e. The van der Waals surface area contributed by atoms with Gasteiger partial charge in [0.2, 0.25) is 5.95 Å². The van der Waals surface area contributed by atoms with Crippen LogP contribution in [0.3, 0.4) is 0 Å². The Morgan fingerprint density at radius 2 is 2.06 bits per heavy atom. The number of nitrogens with one attached hydrogen (secondary N) is 2. The molecule has 0 atom stereocenters. The van der Waals surface area contributed by atoms with Gasteiger partial charge in [0, 0.05) is 32.1 Å². The lowest BCUT2D eigenvalue weighted by atomic mass is 10.3. The summed E-state index contributed by atoms with van der Waals surface area (Å²) in [6.07, 6.45) is 3.00. The average Bonchev–Trinajstić information content (AvgIpc) is 2.29. The number of anilines is 1. The Balaban J connectivity index is 2.52. The van der Waals surface area contributed by atoms with Crippen LogP contribution < -0.4 is 10.6 Å². The first-order valence-electron chi connectivity index (χ1n) is 5.49. The van der Waals surface area contributed by atoms with Crippen LogP contribution in [0.5, 0.6) is 0 Å². The monoisotopic (exact) mass is 238 g/mol. The molecule has 6 nitrogen and oxygen atoms in total. The molecule has 0 spiro atoms. The molecule has 0 aromatic carbocycles. The Hall–Kier alpha value is -1.69. The van der Waals surface area contributed by atoms with Gasteiger partial charge in [-0.15, -0.1) is 0 Å². The predicted molar refractivity (Wildman–Crippen MR) is 65.0 cm³/mol. The summed E-state index contributed by atoms with van der Waals surface area (Å²) in [5.74, 6) is 0.326. The zero-order chi connectivity index (χ0) is 12.7. The molecule has 0 aliphatic heterocycles. The van der Waals surface area contributed by atoms with Crippen molar-refractivity contribution in [3.63, 3.8) is 0 Å². The van der Waals surface area contributed by atoms with Crippen LogP contribution in [0.4, 0.5) is 5.95 Å². The van der Waals surface area contributed by atoms with E-state index in [0.717, 1.165) is 0 Å². The van der Waals surface area contributed by atoms with Gasteiger partial charge in [0.1, 0.15) is 0 Å². The van der Waals surface area contributed by atoms with Gasteiger partial charge < -0.3 is 15.4 Å². The molecule has 2 N–H and O–H groups in total. The van der Waals surface area contributed by atoms with Crippen LogP contribution in [-0.2, 0) is 4.74 Å². The molecule has 0 fully saturated rings. The number of aromatic nitrogens is 2. The first-order chi connectivity index (χ1) is 8.13. The molecular formula is C11H18N4O2. The van der Waals surface area contributed by atoms with Crippen molar-refractivity contribution >= 4 is 11.9 Å². The van der Waals surface area contributed by atoms with Gasteiger partial charge in [-0.1, -0.05) is 0 Å². The highest BCUT2D eigenvalue weighted by Crippen LogP contribution is 2.00.